The summed E-state index contributed by atoms with van der Waals surface area (Å²) in [6, 6.07) is 3.21. The number of piperidine rings is 1. The van der Waals surface area contributed by atoms with E-state index >= 15 is 0 Å². The van der Waals surface area contributed by atoms with Crippen LogP contribution in [-0.2, 0) is 9.59 Å². The number of oxazole rings is 1. The Morgan fingerprint density at radius 3 is 2.59 bits per heavy atom. The average molecular weight is 435 g/mol. The lowest BCUT2D eigenvalue weighted by Crippen LogP contribution is -2.46. The zero-order valence-electron chi connectivity index (χ0n) is 17.8. The molecule has 2 aliphatic rings. The Bertz CT molecular complexity index is 1100. The minimum absolute atomic E-state index is 0.125. The van der Waals surface area contributed by atoms with Gasteiger partial charge in [0.05, 0.1) is 11.9 Å². The lowest BCUT2D eigenvalue weighted by molar-refractivity contribution is -0.136. The first-order valence-electron chi connectivity index (χ1n) is 11.1. The summed E-state index contributed by atoms with van der Waals surface area (Å²) in [6.45, 7) is 3.21. The van der Waals surface area contributed by atoms with Gasteiger partial charge in [0.2, 0.25) is 11.8 Å². The fourth-order valence-electron chi connectivity index (χ4n) is 4.54. The molecule has 9 nitrogen and oxygen atoms in total. The van der Waals surface area contributed by atoms with Gasteiger partial charge >= 0.3 is 0 Å². The number of fused-ring (bicyclic) bond motifs is 1. The summed E-state index contributed by atoms with van der Waals surface area (Å²) in [5.41, 5.74) is 1.29. The van der Waals surface area contributed by atoms with Gasteiger partial charge in [0.25, 0.3) is 0 Å². The number of pyridine rings is 2. The molecule has 3 aromatic heterocycles. The lowest BCUT2D eigenvalue weighted by atomic mass is 9.97. The first-order valence-corrected chi connectivity index (χ1v) is 11.1. The van der Waals surface area contributed by atoms with Crippen LogP contribution in [0, 0.1) is 5.92 Å². The zero-order valence-corrected chi connectivity index (χ0v) is 17.8. The number of carbonyl (C=O) groups excluding carboxylic acids is 2. The van der Waals surface area contributed by atoms with Crippen molar-refractivity contribution in [3.63, 3.8) is 0 Å². The molecule has 32 heavy (non-hydrogen) atoms. The van der Waals surface area contributed by atoms with Gasteiger partial charge in [-0.1, -0.05) is 0 Å². The van der Waals surface area contributed by atoms with Crippen LogP contribution in [0.5, 0.6) is 0 Å². The van der Waals surface area contributed by atoms with E-state index in [2.05, 4.69) is 30.5 Å². The summed E-state index contributed by atoms with van der Waals surface area (Å²) in [5.74, 6) is -0.0312. The van der Waals surface area contributed by atoms with Crippen molar-refractivity contribution < 1.29 is 14.0 Å². The smallest absolute Gasteiger partial charge is 0.250 e. The number of hydrogen-bond donors (Lipinski definition) is 2. The number of nitrogens with zero attached hydrogens (tertiary/aromatic N) is 4. The molecule has 0 radical (unpaired) electrons. The Morgan fingerprint density at radius 2 is 1.84 bits per heavy atom. The molecule has 2 saturated heterocycles. The molecule has 5 heterocycles. The molecule has 0 saturated carbocycles. The second kappa shape index (κ2) is 9.13. The Hall–Kier alpha value is -3.17. The number of likely N-dealkylation sites (tertiary alicyclic amines) is 1. The average Bonchev–Trinajstić information content (AvgIpc) is 3.54. The van der Waals surface area contributed by atoms with Crippen LogP contribution in [0.2, 0.25) is 0 Å². The van der Waals surface area contributed by atoms with Crippen LogP contribution in [0.1, 0.15) is 37.4 Å². The minimum Gasteiger partial charge on any atom is -0.442 e. The molecular formula is C23H26N6O3. The van der Waals surface area contributed by atoms with Crippen molar-refractivity contribution in [1.29, 1.82) is 0 Å². The molecule has 2 fully saturated rings. The Balaban J connectivity index is 1.44. The monoisotopic (exact) mass is 434 g/mol. The van der Waals surface area contributed by atoms with Crippen molar-refractivity contribution in [2.45, 2.75) is 31.7 Å². The summed E-state index contributed by atoms with van der Waals surface area (Å²) < 4.78 is 5.36. The van der Waals surface area contributed by atoms with E-state index in [1.54, 1.807) is 18.6 Å². The fourth-order valence-corrected chi connectivity index (χ4v) is 4.54. The first-order chi connectivity index (χ1) is 15.7. The van der Waals surface area contributed by atoms with Gasteiger partial charge in [-0.15, -0.1) is 0 Å². The van der Waals surface area contributed by atoms with E-state index in [0.717, 1.165) is 62.6 Å². The van der Waals surface area contributed by atoms with E-state index in [9.17, 15) is 9.59 Å². The standard InChI is InChI=1S/C23H26N6O3/c30-22(15-3-5-24-6-4-15)28-23(31)21(29-7-1-2-8-29)19-10-16-9-18(20-13-25-14-32-20)26-11-17(16)12-27-19/h9-15,21,24H,1-8H2,(H,28,30,31). The van der Waals surface area contributed by atoms with Gasteiger partial charge in [-0.05, 0) is 69.4 Å². The van der Waals surface area contributed by atoms with Crippen molar-refractivity contribution in [1.82, 2.24) is 30.5 Å². The third-order valence-electron chi connectivity index (χ3n) is 6.30. The lowest BCUT2D eigenvalue weighted by Gasteiger charge is -2.27. The molecule has 166 valence electrons. The van der Waals surface area contributed by atoms with E-state index < -0.39 is 6.04 Å². The van der Waals surface area contributed by atoms with Gasteiger partial charge in [0.15, 0.2) is 12.2 Å². The number of rotatable bonds is 5. The van der Waals surface area contributed by atoms with Gasteiger partial charge in [0.1, 0.15) is 11.7 Å². The van der Waals surface area contributed by atoms with Crippen molar-refractivity contribution in [2.75, 3.05) is 26.2 Å². The van der Waals surface area contributed by atoms with Crippen LogP contribution in [0.15, 0.2) is 41.5 Å². The molecule has 3 aromatic rings. The van der Waals surface area contributed by atoms with Crippen LogP contribution in [0.25, 0.3) is 22.2 Å². The molecule has 2 N–H and O–H groups in total. The normalized spacial score (nSPS) is 18.6. The quantitative estimate of drug-likeness (QED) is 0.627. The molecule has 9 heteroatoms. The van der Waals surface area contributed by atoms with Crippen molar-refractivity contribution in [2.24, 2.45) is 5.92 Å². The van der Waals surface area contributed by atoms with Crippen LogP contribution < -0.4 is 10.6 Å². The highest BCUT2D eigenvalue weighted by atomic mass is 16.3. The van der Waals surface area contributed by atoms with Crippen LogP contribution in [0.4, 0.5) is 0 Å². The molecule has 0 aromatic carbocycles. The summed E-state index contributed by atoms with van der Waals surface area (Å²) in [4.78, 5) is 41.1. The molecule has 5 rings (SSSR count). The topological polar surface area (TPSA) is 113 Å². The maximum atomic E-state index is 13.3. The molecule has 2 amide bonds. The maximum Gasteiger partial charge on any atom is 0.250 e. The predicted octanol–water partition coefficient (Wildman–Crippen LogP) is 2.06. The molecule has 1 atom stereocenters. The summed E-state index contributed by atoms with van der Waals surface area (Å²) >= 11 is 0. The van der Waals surface area contributed by atoms with E-state index in [-0.39, 0.29) is 17.7 Å². The minimum atomic E-state index is -0.602. The number of nitrogens with one attached hydrogen (secondary N) is 2. The summed E-state index contributed by atoms with van der Waals surface area (Å²) in [7, 11) is 0. The largest absolute Gasteiger partial charge is 0.442 e. The summed E-state index contributed by atoms with van der Waals surface area (Å²) in [5, 5.41) is 7.70. The second-order valence-corrected chi connectivity index (χ2v) is 8.41. The highest BCUT2D eigenvalue weighted by molar-refractivity contribution is 5.99. The number of aromatic nitrogens is 3. The van der Waals surface area contributed by atoms with Gasteiger partial charge in [-0.3, -0.25) is 29.8 Å². The van der Waals surface area contributed by atoms with E-state index in [0.29, 0.717) is 17.1 Å². The van der Waals surface area contributed by atoms with Gasteiger partial charge < -0.3 is 9.73 Å². The van der Waals surface area contributed by atoms with Gasteiger partial charge in [-0.2, -0.15) is 0 Å². The van der Waals surface area contributed by atoms with E-state index in [1.165, 1.54) is 6.39 Å². The second-order valence-electron chi connectivity index (χ2n) is 8.41. The first kappa shape index (κ1) is 20.7. The number of amides is 2. The third-order valence-corrected chi connectivity index (χ3v) is 6.30. The van der Waals surface area contributed by atoms with Gasteiger partial charge in [0, 0.05) is 23.7 Å². The van der Waals surface area contributed by atoms with Crippen molar-refractivity contribution in [3.05, 3.63) is 42.8 Å². The van der Waals surface area contributed by atoms with Crippen molar-refractivity contribution in [3.8, 4) is 11.5 Å². The highest BCUT2D eigenvalue weighted by Crippen LogP contribution is 2.28. The number of carbonyl (C=O) groups is 2. The maximum absolute atomic E-state index is 13.3. The highest BCUT2D eigenvalue weighted by Gasteiger charge is 2.33. The van der Waals surface area contributed by atoms with Crippen LogP contribution in [-0.4, -0.2) is 57.8 Å². The third kappa shape index (κ3) is 4.26. The number of hydrogen-bond acceptors (Lipinski definition) is 8. The SMILES string of the molecule is O=C(NC(=O)C(c1cc2cc(-c3cnco3)ncc2cn1)N1CCCC1)C1CCNCC1. The zero-order chi connectivity index (χ0) is 21.9. The Morgan fingerprint density at radius 1 is 1.06 bits per heavy atom. The Kier molecular flexibility index (Phi) is 5.91. The molecule has 0 spiro atoms. The fraction of sp³-hybridized carbons (Fsp3) is 0.435. The Labute approximate surface area is 185 Å². The molecule has 2 aliphatic heterocycles. The predicted molar refractivity (Wildman–Crippen MR) is 117 cm³/mol. The van der Waals surface area contributed by atoms with Crippen LogP contribution in [0.3, 0.4) is 0 Å². The van der Waals surface area contributed by atoms with E-state index in [1.807, 2.05) is 12.1 Å². The molecular weight excluding hydrogens is 408 g/mol. The van der Waals surface area contributed by atoms with Gasteiger partial charge in [-0.25, -0.2) is 4.98 Å². The molecule has 1 unspecified atom stereocenters. The number of imide groups is 1. The van der Waals surface area contributed by atoms with Crippen molar-refractivity contribution >= 4 is 22.6 Å². The summed E-state index contributed by atoms with van der Waals surface area (Å²) in [6.07, 6.45) is 9.99. The van der Waals surface area contributed by atoms with E-state index in [4.69, 9.17) is 4.42 Å². The molecule has 0 bridgehead atoms. The molecule has 0 aliphatic carbocycles. The van der Waals surface area contributed by atoms with Crippen LogP contribution >= 0.6 is 0 Å².